The summed E-state index contributed by atoms with van der Waals surface area (Å²) in [6, 6.07) is 14.3. The van der Waals surface area contributed by atoms with Crippen LogP contribution in [0.4, 0.5) is 11.4 Å². The molecule has 0 saturated carbocycles. The van der Waals surface area contributed by atoms with E-state index in [1.807, 2.05) is 44.3 Å². The van der Waals surface area contributed by atoms with Gasteiger partial charge < -0.3 is 24.8 Å². The smallest absolute Gasteiger partial charge is 0.224 e. The normalized spacial score (nSPS) is 19.6. The molecule has 5 rings (SSSR count). The number of aryl methyl sites for hydroxylation is 2. The first-order valence-corrected chi connectivity index (χ1v) is 14.7. The van der Waals surface area contributed by atoms with Gasteiger partial charge in [0.15, 0.2) is 5.11 Å². The number of carbonyl (C=O) groups is 1. The predicted molar refractivity (Wildman–Crippen MR) is 164 cm³/mol. The average molecular weight is 561 g/mol. The van der Waals surface area contributed by atoms with Gasteiger partial charge in [-0.1, -0.05) is 13.0 Å². The third-order valence-electron chi connectivity index (χ3n) is 8.07. The van der Waals surface area contributed by atoms with Crippen LogP contribution in [0.2, 0.25) is 0 Å². The van der Waals surface area contributed by atoms with Crippen molar-refractivity contribution in [2.75, 3.05) is 43.1 Å². The molecule has 3 aromatic rings. The van der Waals surface area contributed by atoms with E-state index in [-0.39, 0.29) is 18.0 Å². The van der Waals surface area contributed by atoms with Crippen LogP contribution in [0.1, 0.15) is 60.1 Å². The van der Waals surface area contributed by atoms with Crippen molar-refractivity contribution in [1.29, 1.82) is 0 Å². The fourth-order valence-corrected chi connectivity index (χ4v) is 6.22. The Hall–Kier alpha value is -3.27. The molecule has 8 nitrogen and oxygen atoms in total. The van der Waals surface area contributed by atoms with Gasteiger partial charge in [0.1, 0.15) is 0 Å². The Morgan fingerprint density at radius 1 is 1.12 bits per heavy atom. The summed E-state index contributed by atoms with van der Waals surface area (Å²) in [5, 5.41) is 7.25. The van der Waals surface area contributed by atoms with Crippen LogP contribution in [-0.4, -0.2) is 58.3 Å². The molecule has 1 amide bonds. The van der Waals surface area contributed by atoms with Gasteiger partial charge in [-0.05, 0) is 86.9 Å². The molecule has 2 saturated heterocycles. The number of morpholine rings is 1. The Bertz CT molecular complexity index is 1350. The molecule has 0 radical (unpaired) electrons. The molecule has 0 spiro atoms. The molecule has 2 fully saturated rings. The highest BCUT2D eigenvalue weighted by molar-refractivity contribution is 7.80. The van der Waals surface area contributed by atoms with Crippen LogP contribution in [0.5, 0.6) is 0 Å². The monoisotopic (exact) mass is 560 g/mol. The molecule has 40 heavy (non-hydrogen) atoms. The van der Waals surface area contributed by atoms with E-state index in [0.717, 1.165) is 68.4 Å². The highest BCUT2D eigenvalue weighted by Crippen LogP contribution is 2.44. The van der Waals surface area contributed by atoms with E-state index in [0.29, 0.717) is 11.5 Å². The minimum absolute atomic E-state index is 0.00311. The first-order valence-electron chi connectivity index (χ1n) is 14.2. The lowest BCUT2D eigenvalue weighted by Crippen LogP contribution is -2.37. The van der Waals surface area contributed by atoms with Crippen molar-refractivity contribution in [3.63, 3.8) is 0 Å². The van der Waals surface area contributed by atoms with Crippen LogP contribution in [0.15, 0.2) is 48.7 Å². The second kappa shape index (κ2) is 12.5. The molecular formula is C31H40N6O2S. The molecule has 2 aromatic heterocycles. The molecular weight excluding hydrogens is 520 g/mol. The Kier molecular flexibility index (Phi) is 8.83. The molecule has 4 heterocycles. The van der Waals surface area contributed by atoms with E-state index < -0.39 is 0 Å². The van der Waals surface area contributed by atoms with Crippen molar-refractivity contribution in [3.8, 4) is 0 Å². The number of ether oxygens (including phenoxy) is 1. The molecule has 9 heteroatoms. The molecule has 0 bridgehead atoms. The Morgan fingerprint density at radius 3 is 2.62 bits per heavy atom. The number of thiocarbonyl (C=S) groups is 1. The minimum Gasteiger partial charge on any atom is -0.379 e. The van der Waals surface area contributed by atoms with Gasteiger partial charge in [-0.3, -0.25) is 14.7 Å². The molecule has 1 aromatic carbocycles. The summed E-state index contributed by atoms with van der Waals surface area (Å²) in [7, 11) is 0. The highest BCUT2D eigenvalue weighted by Gasteiger charge is 2.42. The average Bonchev–Trinajstić information content (AvgIpc) is 3.45. The number of nitrogens with one attached hydrogen (secondary N) is 2. The summed E-state index contributed by atoms with van der Waals surface area (Å²) in [4.78, 5) is 21.5. The van der Waals surface area contributed by atoms with E-state index in [9.17, 15) is 4.79 Å². The van der Waals surface area contributed by atoms with E-state index in [1.165, 1.54) is 17.0 Å². The standard InChI is InChI=1S/C31H40N6O2S/c1-5-28(38)33-26-11-10-24(19-21(26)2)37-30(29(34-31(37)40)27-9-6-7-12-32-27)25-20-22(3)36(23(25)4)14-8-13-35-15-17-39-18-16-35/h6-7,9-12,19-20,29-30H,5,8,13-18H2,1-4H3,(H,33,38)(H,34,40)/t29-,30+/m1/s1. The summed E-state index contributed by atoms with van der Waals surface area (Å²) in [5.74, 6) is 0.00311. The van der Waals surface area contributed by atoms with Crippen molar-refractivity contribution in [2.45, 2.75) is 59.2 Å². The van der Waals surface area contributed by atoms with Gasteiger partial charge in [0, 0.05) is 61.6 Å². The zero-order valence-corrected chi connectivity index (χ0v) is 24.8. The minimum atomic E-state index is -0.101. The zero-order valence-electron chi connectivity index (χ0n) is 23.9. The number of pyridine rings is 1. The second-order valence-corrected chi connectivity index (χ2v) is 11.1. The number of aromatic nitrogens is 2. The molecule has 0 unspecified atom stereocenters. The lowest BCUT2D eigenvalue weighted by molar-refractivity contribution is -0.115. The first-order chi connectivity index (χ1) is 19.4. The van der Waals surface area contributed by atoms with Crippen molar-refractivity contribution in [3.05, 3.63) is 76.9 Å². The molecule has 2 N–H and O–H groups in total. The van der Waals surface area contributed by atoms with Crippen LogP contribution < -0.4 is 15.5 Å². The maximum Gasteiger partial charge on any atom is 0.224 e. The first kappa shape index (κ1) is 28.3. The number of amides is 1. The zero-order chi connectivity index (χ0) is 28.2. The fraction of sp³-hybridized carbons (Fsp3) is 0.452. The summed E-state index contributed by atoms with van der Waals surface area (Å²) in [6.45, 7) is 14.0. The van der Waals surface area contributed by atoms with Crippen LogP contribution in [0.3, 0.4) is 0 Å². The van der Waals surface area contributed by atoms with E-state index in [2.05, 4.69) is 57.0 Å². The van der Waals surface area contributed by atoms with Gasteiger partial charge >= 0.3 is 0 Å². The van der Waals surface area contributed by atoms with Crippen molar-refractivity contribution >= 4 is 34.6 Å². The maximum atomic E-state index is 12.0. The summed E-state index contributed by atoms with van der Waals surface area (Å²) in [5.41, 5.74) is 7.52. The van der Waals surface area contributed by atoms with Gasteiger partial charge in [-0.25, -0.2) is 0 Å². The largest absolute Gasteiger partial charge is 0.379 e. The van der Waals surface area contributed by atoms with Crippen molar-refractivity contribution < 1.29 is 9.53 Å². The van der Waals surface area contributed by atoms with Crippen molar-refractivity contribution in [1.82, 2.24) is 19.8 Å². The lowest BCUT2D eigenvalue weighted by atomic mass is 9.96. The number of rotatable bonds is 9. The van der Waals surface area contributed by atoms with Gasteiger partial charge in [0.2, 0.25) is 5.91 Å². The number of hydrogen-bond acceptors (Lipinski definition) is 5. The van der Waals surface area contributed by atoms with Gasteiger partial charge in [-0.15, -0.1) is 0 Å². The Labute approximate surface area is 242 Å². The third-order valence-corrected chi connectivity index (χ3v) is 8.39. The highest BCUT2D eigenvalue weighted by atomic mass is 32.1. The molecule has 212 valence electrons. The predicted octanol–water partition coefficient (Wildman–Crippen LogP) is 5.06. The SMILES string of the molecule is CCC(=O)Nc1ccc(N2C(=S)N[C@H](c3ccccn3)[C@@H]2c2cc(C)n(CCCN3CCOCC3)c2C)cc1C. The Morgan fingerprint density at radius 2 is 1.93 bits per heavy atom. The Balaban J connectivity index is 1.47. The summed E-state index contributed by atoms with van der Waals surface area (Å²) < 4.78 is 7.95. The second-order valence-electron chi connectivity index (χ2n) is 10.7. The third kappa shape index (κ3) is 5.92. The van der Waals surface area contributed by atoms with Gasteiger partial charge in [0.25, 0.3) is 0 Å². The number of anilines is 2. The van der Waals surface area contributed by atoms with Gasteiger partial charge in [-0.2, -0.15) is 0 Å². The quantitative estimate of drug-likeness (QED) is 0.355. The van der Waals surface area contributed by atoms with Gasteiger partial charge in [0.05, 0.1) is 31.0 Å². The van der Waals surface area contributed by atoms with Crippen LogP contribution in [0, 0.1) is 20.8 Å². The topological polar surface area (TPSA) is 74.7 Å². The summed E-state index contributed by atoms with van der Waals surface area (Å²) >= 11 is 5.96. The number of benzene rings is 1. The van der Waals surface area contributed by atoms with Crippen LogP contribution in [-0.2, 0) is 16.1 Å². The van der Waals surface area contributed by atoms with E-state index in [4.69, 9.17) is 21.9 Å². The van der Waals surface area contributed by atoms with Crippen molar-refractivity contribution in [2.24, 2.45) is 0 Å². The maximum absolute atomic E-state index is 12.0. The molecule has 0 aliphatic carbocycles. The fourth-order valence-electron chi connectivity index (χ4n) is 5.87. The molecule has 2 aliphatic rings. The summed E-state index contributed by atoms with van der Waals surface area (Å²) in [6.07, 6.45) is 3.37. The lowest BCUT2D eigenvalue weighted by Gasteiger charge is -2.29. The van der Waals surface area contributed by atoms with E-state index in [1.54, 1.807) is 0 Å². The number of nitrogens with zero attached hydrogens (tertiary/aromatic N) is 4. The molecule has 2 atom stereocenters. The number of hydrogen-bond donors (Lipinski definition) is 2. The molecule has 2 aliphatic heterocycles. The van der Waals surface area contributed by atoms with E-state index >= 15 is 0 Å². The van der Waals surface area contributed by atoms with Crippen LogP contribution >= 0.6 is 12.2 Å². The number of carbonyl (C=O) groups excluding carboxylic acids is 1. The van der Waals surface area contributed by atoms with Crippen LogP contribution in [0.25, 0.3) is 0 Å².